The second kappa shape index (κ2) is 2.86. The van der Waals surface area contributed by atoms with Gasteiger partial charge in [0, 0.05) is 5.41 Å². The number of carbonyl (C=O) groups excluding carboxylic acids is 1. The average molecular weight is 166 g/mol. The van der Waals surface area contributed by atoms with E-state index in [1.165, 1.54) is 44.8 Å². The van der Waals surface area contributed by atoms with Crippen molar-refractivity contribution in [2.24, 2.45) is 17.3 Å². The Bertz CT molecular complexity index is 173. The third-order valence-corrected chi connectivity index (χ3v) is 3.83. The molecule has 1 heteroatoms. The minimum atomic E-state index is 0.131. The van der Waals surface area contributed by atoms with Gasteiger partial charge in [0.05, 0.1) is 0 Å². The van der Waals surface area contributed by atoms with Gasteiger partial charge in [0.25, 0.3) is 0 Å². The average Bonchev–Trinajstić information content (AvgIpc) is 2.90. The molecule has 0 aliphatic heterocycles. The maximum atomic E-state index is 11.1. The number of hydrogen-bond donors (Lipinski definition) is 0. The van der Waals surface area contributed by atoms with E-state index in [-0.39, 0.29) is 5.41 Å². The molecule has 0 saturated heterocycles. The van der Waals surface area contributed by atoms with Crippen LogP contribution in [0.4, 0.5) is 0 Å². The van der Waals surface area contributed by atoms with Crippen LogP contribution in [0.5, 0.6) is 0 Å². The Hall–Kier alpha value is -0.330. The molecule has 0 unspecified atom stereocenters. The quantitative estimate of drug-likeness (QED) is 0.576. The third kappa shape index (κ3) is 1.30. The minimum absolute atomic E-state index is 0.131. The summed E-state index contributed by atoms with van der Waals surface area (Å²) < 4.78 is 0. The molecule has 2 rings (SSSR count). The highest BCUT2D eigenvalue weighted by Crippen LogP contribution is 2.53. The molecule has 0 aromatic heterocycles. The Morgan fingerprint density at radius 2 is 1.75 bits per heavy atom. The van der Waals surface area contributed by atoms with Gasteiger partial charge in [-0.3, -0.25) is 0 Å². The van der Waals surface area contributed by atoms with Crippen LogP contribution in [0.25, 0.3) is 0 Å². The fourth-order valence-corrected chi connectivity index (χ4v) is 2.58. The zero-order chi connectivity index (χ0) is 8.60. The molecular weight excluding hydrogens is 148 g/mol. The fourth-order valence-electron chi connectivity index (χ4n) is 2.58. The first kappa shape index (κ1) is 8.28. The van der Waals surface area contributed by atoms with Gasteiger partial charge in [-0.25, -0.2) is 0 Å². The Morgan fingerprint density at radius 3 is 2.17 bits per heavy atom. The van der Waals surface area contributed by atoms with Gasteiger partial charge in [-0.05, 0) is 50.4 Å². The molecule has 2 fully saturated rings. The highest BCUT2D eigenvalue weighted by atomic mass is 16.1. The SMILES string of the molecule is CC1CCC(C=O)(C2CC2)CC1. The first-order valence-corrected chi connectivity index (χ1v) is 5.23. The van der Waals surface area contributed by atoms with E-state index in [0.29, 0.717) is 0 Å². The van der Waals surface area contributed by atoms with Crippen LogP contribution in [0.2, 0.25) is 0 Å². The molecule has 0 N–H and O–H groups in total. The molecule has 0 heterocycles. The van der Waals surface area contributed by atoms with Gasteiger partial charge in [0.2, 0.25) is 0 Å². The van der Waals surface area contributed by atoms with E-state index in [1.807, 2.05) is 0 Å². The van der Waals surface area contributed by atoms with E-state index < -0.39 is 0 Å². The van der Waals surface area contributed by atoms with E-state index in [1.54, 1.807) is 0 Å². The van der Waals surface area contributed by atoms with Crippen LogP contribution >= 0.6 is 0 Å². The molecule has 2 aliphatic rings. The Balaban J connectivity index is 2.03. The van der Waals surface area contributed by atoms with Crippen LogP contribution < -0.4 is 0 Å². The van der Waals surface area contributed by atoms with Gasteiger partial charge < -0.3 is 4.79 Å². The second-order valence-corrected chi connectivity index (χ2v) is 4.81. The number of aldehydes is 1. The van der Waals surface area contributed by atoms with Crippen molar-refractivity contribution in [3.8, 4) is 0 Å². The van der Waals surface area contributed by atoms with Crippen molar-refractivity contribution < 1.29 is 4.79 Å². The van der Waals surface area contributed by atoms with Gasteiger partial charge >= 0.3 is 0 Å². The van der Waals surface area contributed by atoms with E-state index in [2.05, 4.69) is 6.92 Å². The van der Waals surface area contributed by atoms with Crippen LogP contribution in [-0.2, 0) is 4.79 Å². The first-order chi connectivity index (χ1) is 5.77. The lowest BCUT2D eigenvalue weighted by atomic mass is 9.69. The van der Waals surface area contributed by atoms with Crippen molar-refractivity contribution in [3.05, 3.63) is 0 Å². The van der Waals surface area contributed by atoms with E-state index >= 15 is 0 Å². The normalized spacial score (nSPS) is 42.6. The zero-order valence-electron chi connectivity index (χ0n) is 7.88. The van der Waals surface area contributed by atoms with Crippen molar-refractivity contribution in [1.29, 1.82) is 0 Å². The molecule has 0 aromatic rings. The van der Waals surface area contributed by atoms with E-state index in [9.17, 15) is 4.79 Å². The lowest BCUT2D eigenvalue weighted by Crippen LogP contribution is -2.30. The van der Waals surface area contributed by atoms with Gasteiger partial charge in [0.15, 0.2) is 0 Å². The predicted octanol–water partition coefficient (Wildman–Crippen LogP) is 2.79. The van der Waals surface area contributed by atoms with Crippen LogP contribution in [-0.4, -0.2) is 6.29 Å². The molecule has 2 aliphatic carbocycles. The smallest absolute Gasteiger partial charge is 0.126 e. The molecule has 1 nitrogen and oxygen atoms in total. The highest BCUT2D eigenvalue weighted by Gasteiger charge is 2.46. The molecule has 0 atom stereocenters. The molecule has 12 heavy (non-hydrogen) atoms. The molecule has 0 bridgehead atoms. The molecule has 0 spiro atoms. The topological polar surface area (TPSA) is 17.1 Å². The van der Waals surface area contributed by atoms with Crippen molar-refractivity contribution in [2.45, 2.75) is 45.4 Å². The predicted molar refractivity (Wildman–Crippen MR) is 48.9 cm³/mol. The maximum absolute atomic E-state index is 11.1. The molecule has 0 amide bonds. The lowest BCUT2D eigenvalue weighted by molar-refractivity contribution is -0.119. The zero-order valence-corrected chi connectivity index (χ0v) is 7.88. The summed E-state index contributed by atoms with van der Waals surface area (Å²) in [6, 6.07) is 0. The number of carbonyl (C=O) groups is 1. The Labute approximate surface area is 74.5 Å². The summed E-state index contributed by atoms with van der Waals surface area (Å²) >= 11 is 0. The summed E-state index contributed by atoms with van der Waals surface area (Å²) in [6.45, 7) is 2.31. The van der Waals surface area contributed by atoms with Crippen molar-refractivity contribution in [1.82, 2.24) is 0 Å². The lowest BCUT2D eigenvalue weighted by Gasteiger charge is -2.35. The highest BCUT2D eigenvalue weighted by molar-refractivity contribution is 5.61. The maximum Gasteiger partial charge on any atom is 0.126 e. The number of rotatable bonds is 2. The van der Waals surface area contributed by atoms with Crippen LogP contribution in [0.1, 0.15) is 45.4 Å². The largest absolute Gasteiger partial charge is 0.303 e. The third-order valence-electron chi connectivity index (χ3n) is 3.83. The monoisotopic (exact) mass is 166 g/mol. The standard InChI is InChI=1S/C11H18O/c1-9-4-6-11(8-12,7-5-9)10-2-3-10/h8-10H,2-7H2,1H3. The molecule has 2 saturated carbocycles. The molecule has 68 valence electrons. The number of hydrogen-bond acceptors (Lipinski definition) is 1. The summed E-state index contributed by atoms with van der Waals surface area (Å²) in [7, 11) is 0. The van der Waals surface area contributed by atoms with Crippen molar-refractivity contribution >= 4 is 6.29 Å². The van der Waals surface area contributed by atoms with E-state index in [0.717, 1.165) is 11.8 Å². The summed E-state index contributed by atoms with van der Waals surface area (Å²) in [4.78, 5) is 11.1. The fraction of sp³-hybridized carbons (Fsp3) is 0.909. The minimum Gasteiger partial charge on any atom is -0.303 e. The van der Waals surface area contributed by atoms with Gasteiger partial charge in [-0.2, -0.15) is 0 Å². The summed E-state index contributed by atoms with van der Waals surface area (Å²) in [5.74, 6) is 1.62. The van der Waals surface area contributed by atoms with Crippen molar-refractivity contribution in [3.63, 3.8) is 0 Å². The van der Waals surface area contributed by atoms with Gasteiger partial charge in [0.1, 0.15) is 6.29 Å². The van der Waals surface area contributed by atoms with Crippen LogP contribution in [0.3, 0.4) is 0 Å². The van der Waals surface area contributed by atoms with Gasteiger partial charge in [-0.1, -0.05) is 6.92 Å². The molecule has 0 radical (unpaired) electrons. The van der Waals surface area contributed by atoms with E-state index in [4.69, 9.17) is 0 Å². The Morgan fingerprint density at radius 1 is 1.17 bits per heavy atom. The summed E-state index contributed by atoms with van der Waals surface area (Å²) in [5, 5.41) is 0. The second-order valence-electron chi connectivity index (χ2n) is 4.81. The van der Waals surface area contributed by atoms with Crippen LogP contribution in [0.15, 0.2) is 0 Å². The van der Waals surface area contributed by atoms with Crippen molar-refractivity contribution in [2.75, 3.05) is 0 Å². The molecule has 0 aromatic carbocycles. The Kier molecular flexibility index (Phi) is 1.97. The van der Waals surface area contributed by atoms with Gasteiger partial charge in [-0.15, -0.1) is 0 Å². The van der Waals surface area contributed by atoms with Crippen LogP contribution in [0, 0.1) is 17.3 Å². The summed E-state index contributed by atoms with van der Waals surface area (Å²) in [5.41, 5.74) is 0.131. The molecular formula is C11H18O. The first-order valence-electron chi connectivity index (χ1n) is 5.23. The summed E-state index contributed by atoms with van der Waals surface area (Å²) in [6.07, 6.45) is 8.78.